The van der Waals surface area contributed by atoms with Crippen LogP contribution in [0.4, 0.5) is 0 Å². The number of carbonyl (C=O) groups is 1. The Morgan fingerprint density at radius 2 is 2.15 bits per heavy atom. The van der Waals surface area contributed by atoms with Crippen LogP contribution in [0.5, 0.6) is 0 Å². The number of carbonyl (C=O) groups excluding carboxylic acids is 1. The predicted molar refractivity (Wildman–Crippen MR) is 78.7 cm³/mol. The van der Waals surface area contributed by atoms with E-state index in [1.165, 1.54) is 6.92 Å². The molecule has 0 spiro atoms. The first-order chi connectivity index (χ1) is 9.59. The Labute approximate surface area is 124 Å². The number of benzene rings is 1. The third-order valence-electron chi connectivity index (χ3n) is 2.58. The summed E-state index contributed by atoms with van der Waals surface area (Å²) in [6.07, 6.45) is -0.588. The van der Waals surface area contributed by atoms with E-state index in [1.54, 1.807) is 6.07 Å². The van der Waals surface area contributed by atoms with Gasteiger partial charge in [0.25, 0.3) is 0 Å². The van der Waals surface area contributed by atoms with E-state index in [9.17, 15) is 9.90 Å². The fourth-order valence-electron chi connectivity index (χ4n) is 1.57. The second-order valence-corrected chi connectivity index (χ2v) is 4.85. The first kappa shape index (κ1) is 16.9. The second kappa shape index (κ2) is 9.72. The normalized spacial score (nSPS) is 12.2. The van der Waals surface area contributed by atoms with E-state index in [4.69, 9.17) is 16.3 Å². The molecule has 1 aromatic rings. The topological polar surface area (TPSA) is 70.6 Å². The van der Waals surface area contributed by atoms with Crippen LogP contribution in [-0.2, 0) is 16.1 Å². The number of hydrogen-bond donors (Lipinski definition) is 3. The maximum atomic E-state index is 10.6. The Hall–Kier alpha value is -1.14. The molecule has 20 heavy (non-hydrogen) atoms. The maximum absolute atomic E-state index is 10.6. The molecule has 1 aromatic carbocycles. The van der Waals surface area contributed by atoms with Gasteiger partial charge in [0.1, 0.15) is 0 Å². The molecule has 0 aliphatic rings. The molecule has 3 N–H and O–H groups in total. The van der Waals surface area contributed by atoms with Gasteiger partial charge >= 0.3 is 0 Å². The Kier molecular flexibility index (Phi) is 8.22. The first-order valence-corrected chi connectivity index (χ1v) is 6.91. The van der Waals surface area contributed by atoms with E-state index >= 15 is 0 Å². The summed E-state index contributed by atoms with van der Waals surface area (Å²) in [5.41, 5.74) is 0.903. The van der Waals surface area contributed by atoms with Crippen molar-refractivity contribution in [2.75, 3.05) is 26.2 Å². The van der Waals surface area contributed by atoms with Gasteiger partial charge < -0.3 is 20.5 Å². The van der Waals surface area contributed by atoms with Crippen LogP contribution in [-0.4, -0.2) is 43.4 Å². The molecular weight excluding hydrogens is 280 g/mol. The molecule has 6 heteroatoms. The van der Waals surface area contributed by atoms with Gasteiger partial charge in [-0.15, -0.1) is 0 Å². The smallest absolute Gasteiger partial charge is 0.216 e. The van der Waals surface area contributed by atoms with Crippen LogP contribution in [0.2, 0.25) is 5.02 Å². The number of hydrogen-bond acceptors (Lipinski definition) is 4. The summed E-state index contributed by atoms with van der Waals surface area (Å²) < 4.78 is 5.41. The van der Waals surface area contributed by atoms with E-state index in [2.05, 4.69) is 10.6 Å². The van der Waals surface area contributed by atoms with E-state index in [-0.39, 0.29) is 12.5 Å². The Morgan fingerprint density at radius 3 is 2.85 bits per heavy atom. The summed E-state index contributed by atoms with van der Waals surface area (Å²) in [5, 5.41) is 16.1. The maximum Gasteiger partial charge on any atom is 0.216 e. The first-order valence-electron chi connectivity index (χ1n) is 6.54. The number of aliphatic hydroxyl groups excluding tert-OH is 1. The molecule has 0 fully saturated rings. The summed E-state index contributed by atoms with van der Waals surface area (Å²) in [7, 11) is 0. The molecule has 5 nitrogen and oxygen atoms in total. The number of nitrogens with one attached hydrogen (secondary N) is 2. The van der Waals surface area contributed by atoms with Crippen LogP contribution in [0.25, 0.3) is 0 Å². The zero-order chi connectivity index (χ0) is 14.8. The quantitative estimate of drug-likeness (QED) is 0.594. The lowest BCUT2D eigenvalue weighted by atomic mass is 10.2. The standard InChI is InChI=1S/C14H21ClN2O3/c1-11(18)17-7-6-16-8-13(19)10-20-9-12-4-2-3-5-14(12)15/h2-5,13,16,19H,6-10H2,1H3,(H,17,18). The van der Waals surface area contributed by atoms with Gasteiger partial charge in [0.05, 0.1) is 19.3 Å². The van der Waals surface area contributed by atoms with E-state index in [0.29, 0.717) is 31.3 Å². The molecule has 112 valence electrons. The molecule has 0 saturated carbocycles. The molecule has 1 atom stereocenters. The highest BCUT2D eigenvalue weighted by molar-refractivity contribution is 6.31. The third-order valence-corrected chi connectivity index (χ3v) is 2.95. The van der Waals surface area contributed by atoms with Gasteiger partial charge in [0.2, 0.25) is 5.91 Å². The van der Waals surface area contributed by atoms with Crippen LogP contribution >= 0.6 is 11.6 Å². The number of amides is 1. The number of halogens is 1. The summed E-state index contributed by atoms with van der Waals surface area (Å²) in [4.78, 5) is 10.6. The molecule has 0 aliphatic carbocycles. The predicted octanol–water partition coefficient (Wildman–Crippen LogP) is 0.943. The second-order valence-electron chi connectivity index (χ2n) is 4.45. The molecule has 0 radical (unpaired) electrons. The lowest BCUT2D eigenvalue weighted by Crippen LogP contribution is -2.35. The van der Waals surface area contributed by atoms with Gasteiger partial charge in [-0.3, -0.25) is 4.79 Å². The van der Waals surface area contributed by atoms with Crippen LogP contribution in [0.15, 0.2) is 24.3 Å². The third kappa shape index (κ3) is 7.45. The van der Waals surface area contributed by atoms with E-state index in [1.807, 2.05) is 18.2 Å². The molecule has 0 aromatic heterocycles. The van der Waals surface area contributed by atoms with Crippen molar-refractivity contribution in [3.8, 4) is 0 Å². The molecule has 1 unspecified atom stereocenters. The van der Waals surface area contributed by atoms with Crippen molar-refractivity contribution in [2.45, 2.75) is 19.6 Å². The average Bonchev–Trinajstić information content (AvgIpc) is 2.40. The number of rotatable bonds is 9. The van der Waals surface area contributed by atoms with Crippen molar-refractivity contribution >= 4 is 17.5 Å². The molecule has 0 heterocycles. The summed E-state index contributed by atoms with van der Waals surface area (Å²) in [6.45, 7) is 3.66. The fourth-order valence-corrected chi connectivity index (χ4v) is 1.77. The summed E-state index contributed by atoms with van der Waals surface area (Å²) in [5.74, 6) is -0.0598. The molecule has 1 amide bonds. The van der Waals surface area contributed by atoms with E-state index < -0.39 is 6.10 Å². The molecule has 0 saturated heterocycles. The lowest BCUT2D eigenvalue weighted by molar-refractivity contribution is -0.118. The zero-order valence-electron chi connectivity index (χ0n) is 11.6. The average molecular weight is 301 g/mol. The van der Waals surface area contributed by atoms with Crippen LogP contribution in [0.3, 0.4) is 0 Å². The van der Waals surface area contributed by atoms with Crippen molar-refractivity contribution in [3.05, 3.63) is 34.9 Å². The minimum Gasteiger partial charge on any atom is -0.389 e. The SMILES string of the molecule is CC(=O)NCCNCC(O)COCc1ccccc1Cl. The largest absolute Gasteiger partial charge is 0.389 e. The van der Waals surface area contributed by atoms with Gasteiger partial charge in [-0.1, -0.05) is 29.8 Å². The number of ether oxygens (including phenoxy) is 1. The van der Waals surface area contributed by atoms with Gasteiger partial charge in [-0.05, 0) is 11.6 Å². The van der Waals surface area contributed by atoms with Crippen molar-refractivity contribution in [1.29, 1.82) is 0 Å². The van der Waals surface area contributed by atoms with Crippen molar-refractivity contribution in [2.24, 2.45) is 0 Å². The summed E-state index contributed by atoms with van der Waals surface area (Å²) in [6, 6.07) is 7.45. The van der Waals surface area contributed by atoms with Gasteiger partial charge in [-0.25, -0.2) is 0 Å². The van der Waals surface area contributed by atoms with Gasteiger partial charge in [0, 0.05) is 31.6 Å². The Balaban J connectivity index is 2.07. The van der Waals surface area contributed by atoms with Gasteiger partial charge in [0.15, 0.2) is 0 Å². The highest BCUT2D eigenvalue weighted by atomic mass is 35.5. The molecule has 0 aliphatic heterocycles. The van der Waals surface area contributed by atoms with Crippen molar-refractivity contribution in [1.82, 2.24) is 10.6 Å². The fraction of sp³-hybridized carbons (Fsp3) is 0.500. The van der Waals surface area contributed by atoms with Crippen LogP contribution in [0, 0.1) is 0 Å². The molecule has 1 rings (SSSR count). The monoisotopic (exact) mass is 300 g/mol. The van der Waals surface area contributed by atoms with Crippen molar-refractivity contribution < 1.29 is 14.6 Å². The van der Waals surface area contributed by atoms with Crippen LogP contribution in [0.1, 0.15) is 12.5 Å². The highest BCUT2D eigenvalue weighted by Gasteiger charge is 2.05. The lowest BCUT2D eigenvalue weighted by Gasteiger charge is -2.13. The zero-order valence-corrected chi connectivity index (χ0v) is 12.3. The van der Waals surface area contributed by atoms with Crippen LogP contribution < -0.4 is 10.6 Å². The highest BCUT2D eigenvalue weighted by Crippen LogP contribution is 2.15. The van der Waals surface area contributed by atoms with Crippen molar-refractivity contribution in [3.63, 3.8) is 0 Å². The Morgan fingerprint density at radius 1 is 1.40 bits per heavy atom. The molecule has 0 bridgehead atoms. The summed E-state index contributed by atoms with van der Waals surface area (Å²) >= 11 is 5.99. The van der Waals surface area contributed by atoms with Gasteiger partial charge in [-0.2, -0.15) is 0 Å². The minimum absolute atomic E-state index is 0.0598. The number of aliphatic hydroxyl groups is 1. The molecular formula is C14H21ClN2O3. The van der Waals surface area contributed by atoms with E-state index in [0.717, 1.165) is 5.56 Å². The minimum atomic E-state index is -0.588. The Bertz CT molecular complexity index is 415.